The van der Waals surface area contributed by atoms with Gasteiger partial charge in [0.25, 0.3) is 0 Å². The minimum atomic E-state index is -0.571. The first-order valence-electron chi connectivity index (χ1n) is 5.09. The molecule has 2 rings (SSSR count). The quantitative estimate of drug-likeness (QED) is 0.677. The van der Waals surface area contributed by atoms with Gasteiger partial charge in [0.15, 0.2) is 0 Å². The van der Waals surface area contributed by atoms with E-state index in [9.17, 15) is 9.90 Å². The normalized spacial score (nSPS) is 46.7. The molecule has 2 nitrogen and oxygen atoms in total. The highest BCUT2D eigenvalue weighted by Gasteiger charge is 2.68. The van der Waals surface area contributed by atoms with Gasteiger partial charge in [0, 0.05) is 0 Å². The number of aliphatic carboxylic acids is 1. The van der Waals surface area contributed by atoms with E-state index < -0.39 is 11.4 Å². The van der Waals surface area contributed by atoms with Crippen molar-refractivity contribution in [3.63, 3.8) is 0 Å². The second kappa shape index (κ2) is 2.10. The lowest BCUT2D eigenvalue weighted by Crippen LogP contribution is -2.40. The molecule has 74 valence electrons. The minimum absolute atomic E-state index is 0.0220. The largest absolute Gasteiger partial charge is 0.481 e. The molecule has 13 heavy (non-hydrogen) atoms. The van der Waals surface area contributed by atoms with E-state index in [2.05, 4.69) is 20.8 Å². The molecule has 0 amide bonds. The van der Waals surface area contributed by atoms with Gasteiger partial charge in [0.2, 0.25) is 0 Å². The van der Waals surface area contributed by atoms with Gasteiger partial charge in [0.1, 0.15) is 0 Å². The third-order valence-corrected chi connectivity index (χ3v) is 5.32. The highest BCUT2D eigenvalue weighted by atomic mass is 16.4. The SMILES string of the molecule is CC12CCC(C(=O)O)(CC1)C2(C)C. The van der Waals surface area contributed by atoms with Gasteiger partial charge in [-0.15, -0.1) is 0 Å². The number of hydrogen-bond acceptors (Lipinski definition) is 1. The molecule has 0 aromatic carbocycles. The van der Waals surface area contributed by atoms with Crippen molar-refractivity contribution in [3.05, 3.63) is 0 Å². The number of carboxylic acids is 1. The summed E-state index contributed by atoms with van der Waals surface area (Å²) in [6, 6.07) is 0. The second-order valence-electron chi connectivity index (χ2n) is 5.57. The fourth-order valence-electron chi connectivity index (χ4n) is 3.54. The molecule has 0 radical (unpaired) electrons. The van der Waals surface area contributed by atoms with Crippen LogP contribution in [0.25, 0.3) is 0 Å². The highest BCUT2D eigenvalue weighted by molar-refractivity contribution is 5.77. The number of carboxylic acid groups (broad SMARTS) is 1. The molecule has 0 aliphatic heterocycles. The fraction of sp³-hybridized carbons (Fsp3) is 0.909. The minimum Gasteiger partial charge on any atom is -0.481 e. The first-order valence-corrected chi connectivity index (χ1v) is 5.09. The Hall–Kier alpha value is -0.530. The first-order chi connectivity index (χ1) is 5.86. The third kappa shape index (κ3) is 0.733. The second-order valence-corrected chi connectivity index (χ2v) is 5.57. The number of fused-ring (bicyclic) bond motifs is 2. The predicted molar refractivity (Wildman–Crippen MR) is 50.4 cm³/mol. The molecule has 0 unspecified atom stereocenters. The summed E-state index contributed by atoms with van der Waals surface area (Å²) >= 11 is 0. The van der Waals surface area contributed by atoms with Crippen LogP contribution in [0, 0.1) is 16.2 Å². The fourth-order valence-corrected chi connectivity index (χ4v) is 3.54. The van der Waals surface area contributed by atoms with Crippen molar-refractivity contribution in [3.8, 4) is 0 Å². The van der Waals surface area contributed by atoms with Crippen LogP contribution in [-0.2, 0) is 4.79 Å². The molecule has 0 aromatic heterocycles. The van der Waals surface area contributed by atoms with E-state index in [-0.39, 0.29) is 10.8 Å². The van der Waals surface area contributed by atoms with Gasteiger partial charge < -0.3 is 5.11 Å². The van der Waals surface area contributed by atoms with Gasteiger partial charge in [-0.2, -0.15) is 0 Å². The highest BCUT2D eigenvalue weighted by Crippen LogP contribution is 2.72. The maximum Gasteiger partial charge on any atom is 0.310 e. The van der Waals surface area contributed by atoms with E-state index in [1.54, 1.807) is 0 Å². The van der Waals surface area contributed by atoms with Gasteiger partial charge in [-0.05, 0) is 36.5 Å². The van der Waals surface area contributed by atoms with Gasteiger partial charge >= 0.3 is 5.97 Å². The Morgan fingerprint density at radius 1 is 1.08 bits per heavy atom. The lowest BCUT2D eigenvalue weighted by molar-refractivity contribution is -0.154. The molecule has 1 N–H and O–H groups in total. The Morgan fingerprint density at radius 2 is 1.54 bits per heavy atom. The van der Waals surface area contributed by atoms with Crippen molar-refractivity contribution in [2.75, 3.05) is 0 Å². The Morgan fingerprint density at radius 3 is 1.69 bits per heavy atom. The van der Waals surface area contributed by atoms with E-state index in [1.807, 2.05) is 0 Å². The van der Waals surface area contributed by atoms with Crippen LogP contribution in [0.15, 0.2) is 0 Å². The standard InChI is InChI=1S/C11H18O2/c1-9(2)10(3)4-6-11(9,7-5-10)8(12)13/h4-7H2,1-3H3,(H,12,13). The van der Waals surface area contributed by atoms with E-state index in [0.29, 0.717) is 0 Å². The van der Waals surface area contributed by atoms with Crippen molar-refractivity contribution in [2.45, 2.75) is 46.5 Å². The van der Waals surface area contributed by atoms with Crippen LogP contribution in [0.2, 0.25) is 0 Å². The van der Waals surface area contributed by atoms with E-state index in [4.69, 9.17) is 0 Å². The van der Waals surface area contributed by atoms with Crippen molar-refractivity contribution >= 4 is 5.97 Å². The molecular formula is C11H18O2. The topological polar surface area (TPSA) is 37.3 Å². The summed E-state index contributed by atoms with van der Waals surface area (Å²) in [5, 5.41) is 9.34. The maximum atomic E-state index is 11.3. The van der Waals surface area contributed by atoms with Crippen LogP contribution in [0.3, 0.4) is 0 Å². The van der Waals surface area contributed by atoms with Crippen molar-refractivity contribution in [1.82, 2.24) is 0 Å². The Bertz CT molecular complexity index is 257. The smallest absolute Gasteiger partial charge is 0.310 e. The molecule has 2 aliphatic rings. The summed E-state index contributed by atoms with van der Waals surface area (Å²) < 4.78 is 0. The predicted octanol–water partition coefficient (Wildman–Crippen LogP) is 2.68. The molecule has 0 atom stereocenters. The zero-order chi connectivity index (χ0) is 9.91. The lowest BCUT2D eigenvalue weighted by atomic mass is 9.65. The zero-order valence-electron chi connectivity index (χ0n) is 8.68. The van der Waals surface area contributed by atoms with Gasteiger partial charge in [-0.25, -0.2) is 0 Å². The average molecular weight is 182 g/mol. The molecule has 2 aliphatic carbocycles. The Balaban J connectivity index is 2.50. The van der Waals surface area contributed by atoms with Crippen LogP contribution in [0.5, 0.6) is 0 Å². The summed E-state index contributed by atoms with van der Waals surface area (Å²) in [6.45, 7) is 6.53. The lowest BCUT2D eigenvalue weighted by Gasteiger charge is -2.38. The van der Waals surface area contributed by atoms with Crippen LogP contribution < -0.4 is 0 Å². The van der Waals surface area contributed by atoms with Gasteiger partial charge in [-0.3, -0.25) is 4.79 Å². The summed E-state index contributed by atoms with van der Waals surface area (Å²) in [5.41, 5.74) is -0.168. The Labute approximate surface area is 79.3 Å². The zero-order valence-corrected chi connectivity index (χ0v) is 8.68. The maximum absolute atomic E-state index is 11.3. The summed E-state index contributed by atoms with van der Waals surface area (Å²) in [4.78, 5) is 11.3. The van der Waals surface area contributed by atoms with Gasteiger partial charge in [0.05, 0.1) is 5.41 Å². The molecule has 2 bridgehead atoms. The van der Waals surface area contributed by atoms with E-state index in [1.165, 1.54) is 0 Å². The number of rotatable bonds is 1. The molecule has 0 spiro atoms. The summed E-state index contributed by atoms with van der Waals surface area (Å²) in [6.07, 6.45) is 3.94. The van der Waals surface area contributed by atoms with Crippen molar-refractivity contribution < 1.29 is 9.90 Å². The van der Waals surface area contributed by atoms with Crippen LogP contribution in [0.1, 0.15) is 46.5 Å². The van der Waals surface area contributed by atoms with Crippen molar-refractivity contribution in [1.29, 1.82) is 0 Å². The number of hydrogen-bond donors (Lipinski definition) is 1. The summed E-state index contributed by atoms with van der Waals surface area (Å²) in [7, 11) is 0. The van der Waals surface area contributed by atoms with Crippen LogP contribution in [-0.4, -0.2) is 11.1 Å². The number of carbonyl (C=O) groups is 1. The van der Waals surface area contributed by atoms with Gasteiger partial charge in [-0.1, -0.05) is 20.8 Å². The van der Waals surface area contributed by atoms with E-state index in [0.717, 1.165) is 25.7 Å². The van der Waals surface area contributed by atoms with Crippen molar-refractivity contribution in [2.24, 2.45) is 16.2 Å². The Kier molecular flexibility index (Phi) is 1.46. The molecular weight excluding hydrogens is 164 g/mol. The summed E-state index contributed by atoms with van der Waals surface area (Å²) in [5.74, 6) is -0.571. The molecule has 2 saturated carbocycles. The molecule has 0 heterocycles. The molecule has 2 heteroatoms. The first kappa shape index (κ1) is 9.04. The molecule has 0 aromatic rings. The van der Waals surface area contributed by atoms with E-state index >= 15 is 0 Å². The monoisotopic (exact) mass is 182 g/mol. The van der Waals surface area contributed by atoms with Crippen LogP contribution >= 0.6 is 0 Å². The third-order valence-electron chi connectivity index (χ3n) is 5.32. The van der Waals surface area contributed by atoms with Crippen LogP contribution in [0.4, 0.5) is 0 Å². The molecule has 2 fully saturated rings. The average Bonchev–Trinajstić information content (AvgIpc) is 2.34. The molecule has 0 saturated heterocycles.